The number of nitrogens with one attached hydrogen (secondary N) is 2. The number of thiophene rings is 1. The van der Waals surface area contributed by atoms with E-state index in [1.54, 1.807) is 11.3 Å². The summed E-state index contributed by atoms with van der Waals surface area (Å²) in [6.07, 6.45) is 4.74. The number of nitrogens with zero attached hydrogens (tertiary/aromatic N) is 2. The average molecular weight is 395 g/mol. The Bertz CT molecular complexity index is 822. The van der Waals surface area contributed by atoms with Crippen LogP contribution in [0.4, 0.5) is 0 Å². The molecule has 2 N–H and O–H groups in total. The summed E-state index contributed by atoms with van der Waals surface area (Å²) in [7, 11) is 0. The lowest BCUT2D eigenvalue weighted by Gasteiger charge is -2.42. The third-order valence-electron chi connectivity index (χ3n) is 5.71. The maximum atomic E-state index is 9.30. The Morgan fingerprint density at radius 1 is 1.39 bits per heavy atom. The van der Waals surface area contributed by atoms with E-state index >= 15 is 0 Å². The second-order valence-electron chi connectivity index (χ2n) is 7.58. The second-order valence-corrected chi connectivity index (χ2v) is 8.53. The largest absolute Gasteiger partial charge is 0.350 e. The Morgan fingerprint density at radius 2 is 2.25 bits per heavy atom. The molecular formula is C23H30N4S. The lowest BCUT2D eigenvalue weighted by Crippen LogP contribution is -2.55. The lowest BCUT2D eigenvalue weighted by atomic mass is 9.83. The van der Waals surface area contributed by atoms with Crippen molar-refractivity contribution in [3.05, 3.63) is 57.3 Å². The molecule has 1 fully saturated rings. The van der Waals surface area contributed by atoms with Gasteiger partial charge >= 0.3 is 0 Å². The third-order valence-corrected chi connectivity index (χ3v) is 6.58. The zero-order valence-corrected chi connectivity index (χ0v) is 17.7. The van der Waals surface area contributed by atoms with Crippen LogP contribution in [-0.2, 0) is 0 Å². The minimum Gasteiger partial charge on any atom is -0.350 e. The fourth-order valence-electron chi connectivity index (χ4n) is 4.16. The first kappa shape index (κ1) is 20.6. The van der Waals surface area contributed by atoms with Gasteiger partial charge in [-0.1, -0.05) is 44.4 Å². The van der Waals surface area contributed by atoms with Gasteiger partial charge in [0.2, 0.25) is 0 Å². The van der Waals surface area contributed by atoms with E-state index in [4.69, 9.17) is 5.41 Å². The Hall–Kier alpha value is -2.16. The van der Waals surface area contributed by atoms with Crippen LogP contribution < -0.4 is 5.32 Å². The Morgan fingerprint density at radius 3 is 2.93 bits per heavy atom. The van der Waals surface area contributed by atoms with Crippen molar-refractivity contribution in [1.82, 2.24) is 10.2 Å². The van der Waals surface area contributed by atoms with Crippen LogP contribution in [0, 0.1) is 23.7 Å². The molecule has 0 saturated carbocycles. The van der Waals surface area contributed by atoms with Crippen LogP contribution in [0.3, 0.4) is 0 Å². The summed E-state index contributed by atoms with van der Waals surface area (Å²) < 4.78 is 0. The van der Waals surface area contributed by atoms with Crippen molar-refractivity contribution < 1.29 is 0 Å². The molecule has 1 aliphatic rings. The number of amidine groups is 1. The zero-order valence-electron chi connectivity index (χ0n) is 16.9. The van der Waals surface area contributed by atoms with Crippen LogP contribution >= 0.6 is 11.3 Å². The van der Waals surface area contributed by atoms with Gasteiger partial charge in [0.15, 0.2) is 0 Å². The molecule has 2 unspecified atom stereocenters. The molecule has 0 amide bonds. The molecule has 5 heteroatoms. The Labute approximate surface area is 172 Å². The molecule has 3 rings (SSSR count). The first-order valence-electron chi connectivity index (χ1n) is 10.3. The van der Waals surface area contributed by atoms with Crippen LogP contribution in [-0.4, -0.2) is 36.4 Å². The second kappa shape index (κ2) is 9.86. The van der Waals surface area contributed by atoms with E-state index in [-0.39, 0.29) is 6.04 Å². The van der Waals surface area contributed by atoms with Crippen LogP contribution in [0.5, 0.6) is 0 Å². The number of piperazine rings is 1. The van der Waals surface area contributed by atoms with Crippen molar-refractivity contribution in [1.29, 1.82) is 10.7 Å². The molecule has 1 aromatic carbocycles. The van der Waals surface area contributed by atoms with E-state index in [0.29, 0.717) is 11.8 Å². The maximum absolute atomic E-state index is 9.30. The van der Waals surface area contributed by atoms with Gasteiger partial charge in [0.05, 0.1) is 16.5 Å². The van der Waals surface area contributed by atoms with Crippen molar-refractivity contribution in [2.45, 2.75) is 51.5 Å². The summed E-state index contributed by atoms with van der Waals surface area (Å²) in [6.45, 7) is 6.93. The van der Waals surface area contributed by atoms with E-state index < -0.39 is 0 Å². The number of benzene rings is 1. The molecule has 1 saturated heterocycles. The summed E-state index contributed by atoms with van der Waals surface area (Å²) in [6, 6.07) is 12.9. The highest BCUT2D eigenvalue weighted by molar-refractivity contribution is 7.12. The zero-order chi connectivity index (χ0) is 19.9. The van der Waals surface area contributed by atoms with Crippen molar-refractivity contribution >= 4 is 17.2 Å². The summed E-state index contributed by atoms with van der Waals surface area (Å²) in [5, 5.41) is 23.7. The first-order valence-corrected chi connectivity index (χ1v) is 11.1. The Balaban J connectivity index is 1.91. The molecule has 0 bridgehead atoms. The highest BCUT2D eigenvalue weighted by atomic mass is 32.1. The molecule has 2 atom stereocenters. The lowest BCUT2D eigenvalue weighted by molar-refractivity contribution is 0.215. The van der Waals surface area contributed by atoms with Gasteiger partial charge in [-0.3, -0.25) is 5.41 Å². The fourth-order valence-corrected chi connectivity index (χ4v) is 4.85. The quantitative estimate of drug-likeness (QED) is 0.399. The van der Waals surface area contributed by atoms with Crippen molar-refractivity contribution in [3.8, 4) is 6.07 Å². The number of nitriles is 1. The van der Waals surface area contributed by atoms with E-state index in [1.807, 2.05) is 30.5 Å². The smallest absolute Gasteiger partial charge is 0.138 e. The Kier molecular flexibility index (Phi) is 7.24. The first-order chi connectivity index (χ1) is 13.7. The van der Waals surface area contributed by atoms with E-state index in [9.17, 15) is 5.26 Å². The number of hydrogen-bond donors (Lipinski definition) is 2. The normalized spacial score (nSPS) is 17.9. The van der Waals surface area contributed by atoms with Crippen molar-refractivity contribution in [3.63, 3.8) is 0 Å². The van der Waals surface area contributed by atoms with Gasteiger partial charge in [-0.15, -0.1) is 11.3 Å². The predicted octanol–water partition coefficient (Wildman–Crippen LogP) is 4.89. The number of unbranched alkanes of at least 4 members (excludes halogenated alkanes) is 2. The molecule has 1 aromatic heterocycles. The average Bonchev–Trinajstić information content (AvgIpc) is 3.26. The summed E-state index contributed by atoms with van der Waals surface area (Å²) in [5.74, 6) is 0.999. The van der Waals surface area contributed by atoms with Gasteiger partial charge in [0.25, 0.3) is 0 Å². The molecular weight excluding hydrogens is 364 g/mol. The maximum Gasteiger partial charge on any atom is 0.138 e. The minimum atomic E-state index is 0.257. The molecule has 148 valence electrons. The fraction of sp³-hybridized carbons (Fsp3) is 0.478. The molecule has 0 spiro atoms. The van der Waals surface area contributed by atoms with E-state index in [1.165, 1.54) is 24.8 Å². The van der Waals surface area contributed by atoms with Gasteiger partial charge in [0.1, 0.15) is 5.84 Å². The predicted molar refractivity (Wildman–Crippen MR) is 117 cm³/mol. The van der Waals surface area contributed by atoms with Crippen LogP contribution in [0.1, 0.15) is 60.1 Å². The molecule has 2 aromatic rings. The molecule has 2 heterocycles. The molecule has 28 heavy (non-hydrogen) atoms. The SMILES string of the molecule is CCCCCC(c1ccc(C#N)c(C)c1)C1CNCCN1C(=N)c1cccs1. The van der Waals surface area contributed by atoms with Gasteiger partial charge < -0.3 is 10.2 Å². The standard InChI is InChI=1S/C23H30N4S/c1-3-4-5-7-20(18-9-10-19(15-24)17(2)14-18)21-16-26-11-12-27(21)23(25)22-8-6-13-28-22/h6,8-10,13-14,20-21,25-26H,3-5,7,11-12,16H2,1-2H3. The molecule has 0 aliphatic carbocycles. The number of hydrogen-bond acceptors (Lipinski definition) is 4. The number of rotatable bonds is 7. The summed E-state index contributed by atoms with van der Waals surface area (Å²) in [4.78, 5) is 3.34. The van der Waals surface area contributed by atoms with Crippen LogP contribution in [0.25, 0.3) is 0 Å². The monoisotopic (exact) mass is 394 g/mol. The van der Waals surface area contributed by atoms with Gasteiger partial charge in [-0.25, -0.2) is 0 Å². The molecule has 0 radical (unpaired) electrons. The van der Waals surface area contributed by atoms with Crippen molar-refractivity contribution in [2.75, 3.05) is 19.6 Å². The summed E-state index contributed by atoms with van der Waals surface area (Å²) in [5.41, 5.74) is 3.09. The molecule has 1 aliphatic heterocycles. The van der Waals surface area contributed by atoms with E-state index in [2.05, 4.69) is 35.3 Å². The van der Waals surface area contributed by atoms with Crippen LogP contribution in [0.15, 0.2) is 35.7 Å². The van der Waals surface area contributed by atoms with Gasteiger partial charge in [0, 0.05) is 31.6 Å². The topological polar surface area (TPSA) is 62.9 Å². The number of aryl methyl sites for hydroxylation is 1. The minimum absolute atomic E-state index is 0.257. The summed E-state index contributed by atoms with van der Waals surface area (Å²) >= 11 is 1.64. The van der Waals surface area contributed by atoms with Crippen LogP contribution in [0.2, 0.25) is 0 Å². The van der Waals surface area contributed by atoms with Gasteiger partial charge in [-0.05, 0) is 42.0 Å². The highest BCUT2D eigenvalue weighted by Gasteiger charge is 2.33. The van der Waals surface area contributed by atoms with Crippen molar-refractivity contribution in [2.24, 2.45) is 0 Å². The third kappa shape index (κ3) is 4.63. The highest BCUT2D eigenvalue weighted by Crippen LogP contribution is 2.32. The van der Waals surface area contributed by atoms with E-state index in [0.717, 1.165) is 42.1 Å². The molecule has 4 nitrogen and oxygen atoms in total. The van der Waals surface area contributed by atoms with Gasteiger partial charge in [-0.2, -0.15) is 5.26 Å².